The molecule has 0 heterocycles. The van der Waals surface area contributed by atoms with Gasteiger partial charge in [0.15, 0.2) is 0 Å². The molecule has 4 N–H and O–H groups in total. The molecule has 0 radical (unpaired) electrons. The van der Waals surface area contributed by atoms with Gasteiger partial charge in [-0.15, -0.1) is 0 Å². The first kappa shape index (κ1) is 15.4. The second kappa shape index (κ2) is 6.19. The van der Waals surface area contributed by atoms with Gasteiger partial charge in [-0.25, -0.2) is 4.39 Å². The summed E-state index contributed by atoms with van der Waals surface area (Å²) in [5.41, 5.74) is 6.08. The molecule has 108 valence electrons. The fourth-order valence-corrected chi connectivity index (χ4v) is 2.23. The van der Waals surface area contributed by atoms with Crippen LogP contribution in [0, 0.1) is 5.82 Å². The average molecular weight is 369 g/mol. The van der Waals surface area contributed by atoms with Gasteiger partial charge < -0.3 is 16.2 Å². The molecule has 0 aliphatic rings. The maximum Gasteiger partial charge on any atom is 0.259 e. The van der Waals surface area contributed by atoms with Gasteiger partial charge in [-0.3, -0.25) is 4.79 Å². The Bertz CT molecular complexity index is 737. The number of carbonyl (C=O) groups is 1. The van der Waals surface area contributed by atoms with Gasteiger partial charge >= 0.3 is 0 Å². The highest BCUT2D eigenvalue weighted by Crippen LogP contribution is 2.24. The van der Waals surface area contributed by atoms with Crippen LogP contribution in [-0.2, 0) is 0 Å². The smallest absolute Gasteiger partial charge is 0.259 e. The summed E-state index contributed by atoms with van der Waals surface area (Å²) in [7, 11) is 0. The number of phenols is 1. The summed E-state index contributed by atoms with van der Waals surface area (Å²) < 4.78 is 13.8. The van der Waals surface area contributed by atoms with Gasteiger partial charge in [-0.05, 0) is 36.4 Å². The third-order valence-corrected chi connectivity index (χ3v) is 3.41. The number of hydrogen-bond donors (Lipinski definition) is 3. The highest BCUT2D eigenvalue weighted by Gasteiger charge is 2.14. The summed E-state index contributed by atoms with van der Waals surface area (Å²) in [5, 5.41) is 12.3. The summed E-state index contributed by atoms with van der Waals surface area (Å²) in [4.78, 5) is 12.1. The molecule has 0 unspecified atom stereocenters. The van der Waals surface area contributed by atoms with Crippen LogP contribution < -0.4 is 11.1 Å². The number of amides is 1. The number of benzene rings is 2. The predicted molar refractivity (Wildman–Crippen MR) is 86.0 cm³/mol. The van der Waals surface area contributed by atoms with E-state index in [1.54, 1.807) is 6.07 Å². The molecule has 21 heavy (non-hydrogen) atoms. The van der Waals surface area contributed by atoms with E-state index in [2.05, 4.69) is 21.2 Å². The zero-order valence-corrected chi connectivity index (χ0v) is 13.0. The molecule has 0 bridgehead atoms. The molecule has 2 aromatic rings. The predicted octanol–water partition coefficient (Wildman–Crippen LogP) is 3.18. The van der Waals surface area contributed by atoms with Crippen molar-refractivity contribution in [3.05, 3.63) is 57.8 Å². The number of carbonyl (C=O) groups excluding carboxylic acids is 1. The molecule has 0 spiro atoms. The summed E-state index contributed by atoms with van der Waals surface area (Å²) in [6.45, 7) is 0. The van der Waals surface area contributed by atoms with E-state index in [4.69, 9.17) is 18.0 Å². The van der Waals surface area contributed by atoms with E-state index in [9.17, 15) is 14.3 Å². The van der Waals surface area contributed by atoms with Crippen LogP contribution in [0.1, 0.15) is 15.9 Å². The maximum atomic E-state index is 13.2. The van der Waals surface area contributed by atoms with Crippen LogP contribution in [0.2, 0.25) is 0 Å². The highest BCUT2D eigenvalue weighted by atomic mass is 79.9. The summed E-state index contributed by atoms with van der Waals surface area (Å²) >= 11 is 8.01. The van der Waals surface area contributed by atoms with Gasteiger partial charge in [0.2, 0.25) is 0 Å². The van der Waals surface area contributed by atoms with Crippen LogP contribution in [0.5, 0.6) is 5.75 Å². The number of halogens is 2. The van der Waals surface area contributed by atoms with E-state index in [0.717, 1.165) is 6.07 Å². The molecule has 0 aliphatic carbocycles. The molecule has 0 aromatic heterocycles. The first-order valence-electron chi connectivity index (χ1n) is 5.77. The van der Waals surface area contributed by atoms with Crippen LogP contribution in [0.4, 0.5) is 10.1 Å². The van der Waals surface area contributed by atoms with Crippen molar-refractivity contribution < 1.29 is 14.3 Å². The Balaban J connectivity index is 2.34. The van der Waals surface area contributed by atoms with Crippen molar-refractivity contribution in [3.8, 4) is 5.75 Å². The lowest BCUT2D eigenvalue weighted by Gasteiger charge is -2.11. The second-order valence-corrected chi connectivity index (χ2v) is 5.53. The number of aromatic hydroxyl groups is 1. The van der Waals surface area contributed by atoms with E-state index in [1.165, 1.54) is 24.3 Å². The molecule has 1 amide bonds. The van der Waals surface area contributed by atoms with Crippen LogP contribution in [0.25, 0.3) is 0 Å². The Hall–Kier alpha value is -1.99. The first-order chi connectivity index (χ1) is 9.88. The number of hydrogen-bond acceptors (Lipinski definition) is 3. The van der Waals surface area contributed by atoms with Gasteiger partial charge in [0.25, 0.3) is 5.91 Å². The zero-order chi connectivity index (χ0) is 15.6. The topological polar surface area (TPSA) is 75.3 Å². The normalized spacial score (nSPS) is 10.2. The molecular formula is C14H10BrFN2O2S. The quantitative estimate of drug-likeness (QED) is 0.727. The number of anilines is 1. The van der Waals surface area contributed by atoms with Gasteiger partial charge in [0.1, 0.15) is 16.6 Å². The Kier molecular flexibility index (Phi) is 4.54. The van der Waals surface area contributed by atoms with Crippen molar-refractivity contribution >= 4 is 44.7 Å². The summed E-state index contributed by atoms with van der Waals surface area (Å²) in [6.07, 6.45) is 0. The third-order valence-electron chi connectivity index (χ3n) is 2.70. The van der Waals surface area contributed by atoms with Crippen molar-refractivity contribution in [3.63, 3.8) is 0 Å². The lowest BCUT2D eigenvalue weighted by molar-refractivity contribution is 0.102. The molecule has 0 saturated heterocycles. The Morgan fingerprint density at radius 1 is 1.24 bits per heavy atom. The molecule has 2 rings (SSSR count). The van der Waals surface area contributed by atoms with Crippen molar-refractivity contribution in [1.82, 2.24) is 0 Å². The largest absolute Gasteiger partial charge is 0.507 e. The molecule has 4 nitrogen and oxygen atoms in total. The van der Waals surface area contributed by atoms with Crippen molar-refractivity contribution in [2.24, 2.45) is 5.73 Å². The van der Waals surface area contributed by atoms with Gasteiger partial charge in [0.05, 0.1) is 11.3 Å². The monoisotopic (exact) mass is 368 g/mol. The van der Waals surface area contributed by atoms with Crippen LogP contribution in [-0.4, -0.2) is 16.0 Å². The van der Waals surface area contributed by atoms with Crippen LogP contribution >= 0.6 is 28.1 Å². The van der Waals surface area contributed by atoms with Crippen molar-refractivity contribution in [1.29, 1.82) is 0 Å². The minimum absolute atomic E-state index is 0.0372. The standard InChI is InChI=1S/C14H10BrFN2O2S/c15-7-1-3-9(12(19)5-7)14(20)18-11-4-2-8(16)6-10(11)13(17)21/h1-6,19H,(H2,17,21)(H,18,20). The van der Waals surface area contributed by atoms with Crippen molar-refractivity contribution in [2.75, 3.05) is 5.32 Å². The van der Waals surface area contributed by atoms with E-state index in [-0.39, 0.29) is 27.6 Å². The van der Waals surface area contributed by atoms with E-state index in [1.807, 2.05) is 0 Å². The van der Waals surface area contributed by atoms with Gasteiger partial charge in [0, 0.05) is 10.0 Å². The minimum atomic E-state index is -0.552. The van der Waals surface area contributed by atoms with Gasteiger partial charge in [-0.2, -0.15) is 0 Å². The first-order valence-corrected chi connectivity index (χ1v) is 6.98. The third kappa shape index (κ3) is 3.56. The molecular weight excluding hydrogens is 359 g/mol. The SMILES string of the molecule is NC(=S)c1cc(F)ccc1NC(=O)c1ccc(Br)cc1O. The number of nitrogens with two attached hydrogens (primary N) is 1. The van der Waals surface area contributed by atoms with E-state index < -0.39 is 11.7 Å². The lowest BCUT2D eigenvalue weighted by Crippen LogP contribution is -2.18. The minimum Gasteiger partial charge on any atom is -0.507 e. The second-order valence-electron chi connectivity index (χ2n) is 4.17. The molecule has 0 aliphatic heterocycles. The Morgan fingerprint density at radius 3 is 2.57 bits per heavy atom. The molecule has 2 aromatic carbocycles. The number of phenolic OH excluding ortho intramolecular Hbond substituents is 1. The molecule has 0 atom stereocenters. The van der Waals surface area contributed by atoms with E-state index >= 15 is 0 Å². The van der Waals surface area contributed by atoms with E-state index in [0.29, 0.717) is 4.47 Å². The van der Waals surface area contributed by atoms with Crippen LogP contribution in [0.15, 0.2) is 40.9 Å². The Labute approximate surface area is 133 Å². The number of rotatable bonds is 3. The Morgan fingerprint density at radius 2 is 1.95 bits per heavy atom. The van der Waals surface area contributed by atoms with Gasteiger partial charge in [-0.1, -0.05) is 28.1 Å². The molecule has 7 heteroatoms. The number of nitrogens with one attached hydrogen (secondary N) is 1. The molecule has 0 saturated carbocycles. The van der Waals surface area contributed by atoms with Crippen LogP contribution in [0.3, 0.4) is 0 Å². The zero-order valence-electron chi connectivity index (χ0n) is 10.6. The maximum absolute atomic E-state index is 13.2. The van der Waals surface area contributed by atoms with Crippen molar-refractivity contribution in [2.45, 2.75) is 0 Å². The summed E-state index contributed by atoms with van der Waals surface area (Å²) in [5.74, 6) is -1.24. The highest BCUT2D eigenvalue weighted by molar-refractivity contribution is 9.10. The average Bonchev–Trinajstić information content (AvgIpc) is 2.40. The summed E-state index contributed by atoms with van der Waals surface area (Å²) in [6, 6.07) is 8.15. The lowest BCUT2D eigenvalue weighted by atomic mass is 10.1. The fraction of sp³-hybridized carbons (Fsp3) is 0. The fourth-order valence-electron chi connectivity index (χ4n) is 1.72. The number of thiocarbonyl (C=S) groups is 1. The molecule has 0 fully saturated rings.